The van der Waals surface area contributed by atoms with E-state index in [1.807, 2.05) is 13.8 Å². The van der Waals surface area contributed by atoms with Gasteiger partial charge >= 0.3 is 0 Å². The first-order chi connectivity index (χ1) is 9.79. The number of halogens is 1. The second-order valence-electron chi connectivity index (χ2n) is 4.95. The van der Waals surface area contributed by atoms with Gasteiger partial charge in [0.05, 0.1) is 0 Å². The first-order valence-corrected chi connectivity index (χ1v) is 8.47. The van der Waals surface area contributed by atoms with Gasteiger partial charge in [0.2, 0.25) is 15.9 Å². The number of benzene rings is 1. The highest BCUT2D eigenvalue weighted by molar-refractivity contribution is 7.89. The van der Waals surface area contributed by atoms with E-state index in [9.17, 15) is 17.6 Å². The van der Waals surface area contributed by atoms with E-state index in [1.165, 1.54) is 6.07 Å². The largest absolute Gasteiger partial charge is 0.326 e. The summed E-state index contributed by atoms with van der Waals surface area (Å²) < 4.78 is 35.9. The van der Waals surface area contributed by atoms with Crippen molar-refractivity contribution >= 4 is 21.6 Å². The van der Waals surface area contributed by atoms with Crippen LogP contribution in [-0.4, -0.2) is 14.3 Å². The van der Waals surface area contributed by atoms with Crippen LogP contribution in [0.2, 0.25) is 0 Å². The van der Waals surface area contributed by atoms with E-state index < -0.39 is 20.7 Å². The fraction of sp³-hybridized carbons (Fsp3) is 0.500. The average Bonchev–Trinajstić information content (AvgIpc) is 2.37. The van der Waals surface area contributed by atoms with Crippen LogP contribution in [0.15, 0.2) is 23.1 Å². The van der Waals surface area contributed by atoms with Crippen LogP contribution in [0, 0.1) is 11.7 Å². The molecule has 0 saturated heterocycles. The lowest BCUT2D eigenvalue weighted by Gasteiger charge is -2.15. The number of primary sulfonamides is 1. The van der Waals surface area contributed by atoms with Gasteiger partial charge < -0.3 is 5.32 Å². The molecule has 0 unspecified atom stereocenters. The van der Waals surface area contributed by atoms with Crippen LogP contribution in [0.3, 0.4) is 0 Å². The summed E-state index contributed by atoms with van der Waals surface area (Å²) in [6.45, 7) is 3.99. The van der Waals surface area contributed by atoms with Crippen molar-refractivity contribution in [2.75, 3.05) is 5.32 Å². The van der Waals surface area contributed by atoms with Crippen LogP contribution in [-0.2, 0) is 14.8 Å². The Morgan fingerprint density at radius 1 is 1.29 bits per heavy atom. The number of hydrogen-bond acceptors (Lipinski definition) is 3. The van der Waals surface area contributed by atoms with Crippen molar-refractivity contribution in [3.05, 3.63) is 24.0 Å². The maximum atomic E-state index is 13.7. The molecule has 0 aliphatic heterocycles. The van der Waals surface area contributed by atoms with E-state index >= 15 is 0 Å². The molecule has 5 nitrogen and oxygen atoms in total. The Bertz CT molecular complexity index is 596. The Morgan fingerprint density at radius 3 is 2.29 bits per heavy atom. The summed E-state index contributed by atoms with van der Waals surface area (Å²) in [6.07, 6.45) is 3.29. The summed E-state index contributed by atoms with van der Waals surface area (Å²) in [5.41, 5.74) is 0.224. The number of hydrogen-bond donors (Lipinski definition) is 2. The van der Waals surface area contributed by atoms with E-state index in [-0.39, 0.29) is 17.5 Å². The molecule has 1 amide bonds. The van der Waals surface area contributed by atoms with E-state index in [0.29, 0.717) is 0 Å². The highest BCUT2D eigenvalue weighted by Gasteiger charge is 2.19. The lowest BCUT2D eigenvalue weighted by atomic mass is 9.97. The van der Waals surface area contributed by atoms with Crippen LogP contribution < -0.4 is 10.5 Å². The minimum absolute atomic E-state index is 0.124. The number of rotatable bonds is 7. The third-order valence-corrected chi connectivity index (χ3v) is 4.10. The molecule has 0 saturated carbocycles. The van der Waals surface area contributed by atoms with Gasteiger partial charge in [0.25, 0.3) is 0 Å². The number of sulfonamides is 1. The Hall–Kier alpha value is -1.47. The summed E-state index contributed by atoms with van der Waals surface area (Å²) in [5, 5.41) is 7.50. The number of carbonyl (C=O) groups is 1. The quantitative estimate of drug-likeness (QED) is 0.810. The molecule has 0 aromatic heterocycles. The van der Waals surface area contributed by atoms with Gasteiger partial charge in [-0.3, -0.25) is 4.79 Å². The molecule has 0 heterocycles. The zero-order valence-electron chi connectivity index (χ0n) is 12.2. The van der Waals surface area contributed by atoms with Crippen molar-refractivity contribution in [1.29, 1.82) is 0 Å². The molecule has 21 heavy (non-hydrogen) atoms. The second kappa shape index (κ2) is 7.51. The Morgan fingerprint density at radius 2 is 1.86 bits per heavy atom. The maximum absolute atomic E-state index is 13.7. The average molecular weight is 316 g/mol. The summed E-state index contributed by atoms with van der Waals surface area (Å²) >= 11 is 0. The van der Waals surface area contributed by atoms with E-state index in [2.05, 4.69) is 5.32 Å². The summed E-state index contributed by atoms with van der Waals surface area (Å²) in [5.74, 6) is -1.28. The van der Waals surface area contributed by atoms with Gasteiger partial charge in [-0.15, -0.1) is 0 Å². The topological polar surface area (TPSA) is 89.3 Å². The summed E-state index contributed by atoms with van der Waals surface area (Å²) in [6, 6.07) is 3.34. The van der Waals surface area contributed by atoms with E-state index in [4.69, 9.17) is 5.14 Å². The molecular weight excluding hydrogens is 295 g/mol. The summed E-state index contributed by atoms with van der Waals surface area (Å²) in [4.78, 5) is 11.5. The minimum atomic E-state index is -4.10. The van der Waals surface area contributed by atoms with Gasteiger partial charge in [0.1, 0.15) is 10.7 Å². The standard InChI is InChI=1S/C14H21FN2O3S/c1-3-5-10(6-4-2)14(18)17-11-7-8-13(12(15)9-11)21(16,19)20/h7-10H,3-6H2,1-2H3,(H,17,18)(H2,16,19,20). The monoisotopic (exact) mass is 316 g/mol. The van der Waals surface area contributed by atoms with Crippen LogP contribution in [0.5, 0.6) is 0 Å². The lowest BCUT2D eigenvalue weighted by molar-refractivity contribution is -0.120. The third-order valence-electron chi connectivity index (χ3n) is 3.15. The highest BCUT2D eigenvalue weighted by Crippen LogP contribution is 2.20. The van der Waals surface area contributed by atoms with Crippen molar-refractivity contribution < 1.29 is 17.6 Å². The zero-order chi connectivity index (χ0) is 16.0. The number of amides is 1. The number of anilines is 1. The van der Waals surface area contributed by atoms with Gasteiger partial charge in [-0.05, 0) is 31.0 Å². The molecule has 7 heteroatoms. The molecule has 118 valence electrons. The van der Waals surface area contributed by atoms with Crippen molar-refractivity contribution in [2.24, 2.45) is 11.1 Å². The van der Waals surface area contributed by atoms with Crippen LogP contribution in [0.25, 0.3) is 0 Å². The molecule has 3 N–H and O–H groups in total. The molecule has 0 spiro atoms. The normalized spacial score (nSPS) is 11.7. The van der Waals surface area contributed by atoms with Gasteiger partial charge in [0.15, 0.2) is 0 Å². The van der Waals surface area contributed by atoms with Crippen LogP contribution >= 0.6 is 0 Å². The molecular formula is C14H21FN2O3S. The van der Waals surface area contributed by atoms with Crippen molar-refractivity contribution in [2.45, 2.75) is 44.4 Å². The van der Waals surface area contributed by atoms with Gasteiger partial charge in [-0.2, -0.15) is 0 Å². The maximum Gasteiger partial charge on any atom is 0.240 e. The SMILES string of the molecule is CCCC(CCC)C(=O)Nc1ccc(S(N)(=O)=O)c(F)c1. The smallest absolute Gasteiger partial charge is 0.240 e. The summed E-state index contributed by atoms with van der Waals surface area (Å²) in [7, 11) is -4.10. The zero-order valence-corrected chi connectivity index (χ0v) is 13.0. The molecule has 0 bridgehead atoms. The predicted molar refractivity (Wildman–Crippen MR) is 79.7 cm³/mol. The minimum Gasteiger partial charge on any atom is -0.326 e. The van der Waals surface area contributed by atoms with Crippen LogP contribution in [0.4, 0.5) is 10.1 Å². The molecule has 0 fully saturated rings. The van der Waals surface area contributed by atoms with Gasteiger partial charge in [0, 0.05) is 11.6 Å². The third kappa shape index (κ3) is 5.09. The molecule has 0 aliphatic rings. The van der Waals surface area contributed by atoms with Crippen molar-refractivity contribution in [1.82, 2.24) is 0 Å². The Kier molecular flexibility index (Phi) is 6.29. The highest BCUT2D eigenvalue weighted by atomic mass is 32.2. The number of nitrogens with one attached hydrogen (secondary N) is 1. The van der Waals surface area contributed by atoms with E-state index in [0.717, 1.165) is 37.8 Å². The molecule has 1 aromatic carbocycles. The van der Waals surface area contributed by atoms with Crippen LogP contribution in [0.1, 0.15) is 39.5 Å². The first-order valence-electron chi connectivity index (χ1n) is 6.92. The van der Waals surface area contributed by atoms with Crippen molar-refractivity contribution in [3.8, 4) is 0 Å². The molecule has 1 aromatic rings. The Balaban J connectivity index is 2.88. The second-order valence-corrected chi connectivity index (χ2v) is 6.48. The fourth-order valence-corrected chi connectivity index (χ4v) is 2.75. The molecule has 0 atom stereocenters. The Labute approximate surface area is 124 Å². The first kappa shape index (κ1) is 17.6. The molecule has 0 aliphatic carbocycles. The predicted octanol–water partition coefficient (Wildman–Crippen LogP) is 2.63. The number of carbonyl (C=O) groups excluding carboxylic acids is 1. The molecule has 0 radical (unpaired) electrons. The molecule has 1 rings (SSSR count). The number of nitrogens with two attached hydrogens (primary N) is 1. The van der Waals surface area contributed by atoms with Crippen molar-refractivity contribution in [3.63, 3.8) is 0 Å². The fourth-order valence-electron chi connectivity index (χ4n) is 2.16. The van der Waals surface area contributed by atoms with Gasteiger partial charge in [-0.1, -0.05) is 26.7 Å². The van der Waals surface area contributed by atoms with Gasteiger partial charge in [-0.25, -0.2) is 17.9 Å². The van der Waals surface area contributed by atoms with E-state index in [1.54, 1.807) is 0 Å². The lowest BCUT2D eigenvalue weighted by Crippen LogP contribution is -2.23.